The summed E-state index contributed by atoms with van der Waals surface area (Å²) in [7, 11) is 0. The van der Waals surface area contributed by atoms with E-state index < -0.39 is 0 Å². The van der Waals surface area contributed by atoms with Crippen LogP contribution in [0.1, 0.15) is 43.2 Å². The molecule has 2 atom stereocenters. The molecule has 20 heavy (non-hydrogen) atoms. The summed E-state index contributed by atoms with van der Waals surface area (Å²) in [6, 6.07) is 6.85. The lowest BCUT2D eigenvalue weighted by molar-refractivity contribution is 0.0822. The van der Waals surface area contributed by atoms with Crippen LogP contribution < -0.4 is 5.32 Å². The van der Waals surface area contributed by atoms with Gasteiger partial charge in [0, 0.05) is 25.3 Å². The molecule has 0 bridgehead atoms. The number of likely N-dealkylation sites (tertiary alicyclic amines) is 1. The highest BCUT2D eigenvalue weighted by molar-refractivity contribution is 5.61. The molecule has 1 saturated heterocycles. The van der Waals surface area contributed by atoms with Gasteiger partial charge in [0.1, 0.15) is 0 Å². The highest BCUT2D eigenvalue weighted by atomic mass is 15.1. The third kappa shape index (κ3) is 2.35. The Bertz CT molecular complexity index is 482. The summed E-state index contributed by atoms with van der Waals surface area (Å²) in [5.41, 5.74) is 4.49. The van der Waals surface area contributed by atoms with Crippen molar-refractivity contribution in [2.24, 2.45) is 11.8 Å². The molecule has 0 radical (unpaired) electrons. The average molecular weight is 270 g/mol. The molecule has 1 aliphatic carbocycles. The predicted molar refractivity (Wildman–Crippen MR) is 84.0 cm³/mol. The lowest BCUT2D eigenvalue weighted by atomic mass is 9.75. The molecule has 0 amide bonds. The van der Waals surface area contributed by atoms with Crippen molar-refractivity contribution >= 4 is 5.69 Å². The van der Waals surface area contributed by atoms with E-state index in [1.54, 1.807) is 0 Å². The van der Waals surface area contributed by atoms with Gasteiger partial charge < -0.3 is 5.32 Å². The number of rotatable bonds is 2. The minimum absolute atomic E-state index is 0.988. The van der Waals surface area contributed by atoms with Crippen molar-refractivity contribution in [3.8, 4) is 0 Å². The van der Waals surface area contributed by atoms with Crippen LogP contribution in [0.4, 0.5) is 5.69 Å². The molecule has 1 aromatic carbocycles. The first kappa shape index (κ1) is 12.7. The fourth-order valence-corrected chi connectivity index (χ4v) is 4.60. The third-order valence-corrected chi connectivity index (χ3v) is 5.70. The summed E-state index contributed by atoms with van der Waals surface area (Å²) >= 11 is 0. The van der Waals surface area contributed by atoms with Crippen molar-refractivity contribution in [3.05, 3.63) is 29.3 Å². The van der Waals surface area contributed by atoms with Crippen molar-refractivity contribution in [2.45, 2.75) is 45.1 Å². The van der Waals surface area contributed by atoms with Gasteiger partial charge >= 0.3 is 0 Å². The Morgan fingerprint density at radius 2 is 2.00 bits per heavy atom. The molecule has 3 aliphatic rings. The molecule has 108 valence electrons. The lowest BCUT2D eigenvalue weighted by Crippen LogP contribution is -2.41. The van der Waals surface area contributed by atoms with Gasteiger partial charge in [0.15, 0.2) is 0 Å². The average Bonchev–Trinajstić information content (AvgIpc) is 2.97. The first-order chi connectivity index (χ1) is 9.90. The Kier molecular flexibility index (Phi) is 3.43. The SMILES string of the molecule is c1cc2c(c(CN3CCC4CCCCC4C3)c1)NCC2. The first-order valence-corrected chi connectivity index (χ1v) is 8.47. The van der Waals surface area contributed by atoms with Gasteiger partial charge in [-0.25, -0.2) is 0 Å². The molecule has 1 saturated carbocycles. The highest BCUT2D eigenvalue weighted by Crippen LogP contribution is 2.37. The van der Waals surface area contributed by atoms with Gasteiger partial charge in [-0.3, -0.25) is 4.90 Å². The van der Waals surface area contributed by atoms with Gasteiger partial charge in [-0.05, 0) is 48.8 Å². The van der Waals surface area contributed by atoms with Gasteiger partial charge in [-0.15, -0.1) is 0 Å². The molecule has 2 heterocycles. The van der Waals surface area contributed by atoms with Crippen molar-refractivity contribution in [3.63, 3.8) is 0 Å². The number of fused-ring (bicyclic) bond motifs is 2. The largest absolute Gasteiger partial charge is 0.384 e. The summed E-state index contributed by atoms with van der Waals surface area (Å²) in [6.45, 7) is 4.93. The molecule has 2 unspecified atom stereocenters. The van der Waals surface area contributed by atoms with E-state index in [0.717, 1.165) is 24.9 Å². The van der Waals surface area contributed by atoms with Gasteiger partial charge in [0.2, 0.25) is 0 Å². The second kappa shape index (κ2) is 5.40. The van der Waals surface area contributed by atoms with Crippen molar-refractivity contribution in [1.29, 1.82) is 0 Å². The van der Waals surface area contributed by atoms with E-state index in [1.165, 1.54) is 68.4 Å². The molecular weight excluding hydrogens is 244 g/mol. The summed E-state index contributed by atoms with van der Waals surface area (Å²) < 4.78 is 0. The minimum atomic E-state index is 0.988. The number of hydrogen-bond donors (Lipinski definition) is 1. The molecule has 1 N–H and O–H groups in total. The normalized spacial score (nSPS) is 29.6. The van der Waals surface area contributed by atoms with E-state index in [0.29, 0.717) is 0 Å². The van der Waals surface area contributed by atoms with Crippen molar-refractivity contribution < 1.29 is 0 Å². The zero-order chi connectivity index (χ0) is 13.4. The second-order valence-corrected chi connectivity index (χ2v) is 6.96. The van der Waals surface area contributed by atoms with Crippen LogP contribution in [0.2, 0.25) is 0 Å². The molecule has 2 nitrogen and oxygen atoms in total. The number of anilines is 1. The number of piperidine rings is 1. The lowest BCUT2D eigenvalue weighted by Gasteiger charge is -2.41. The summed E-state index contributed by atoms with van der Waals surface area (Å²) in [5, 5.41) is 3.59. The van der Waals surface area contributed by atoms with Gasteiger partial charge in [0.25, 0.3) is 0 Å². The van der Waals surface area contributed by atoms with E-state index >= 15 is 0 Å². The fraction of sp³-hybridized carbons (Fsp3) is 0.667. The van der Waals surface area contributed by atoms with Crippen LogP contribution in [-0.2, 0) is 13.0 Å². The number of nitrogens with zero attached hydrogens (tertiary/aromatic N) is 1. The monoisotopic (exact) mass is 270 g/mol. The molecule has 0 aromatic heterocycles. The topological polar surface area (TPSA) is 15.3 Å². The Morgan fingerprint density at radius 3 is 2.95 bits per heavy atom. The van der Waals surface area contributed by atoms with Gasteiger partial charge in [-0.2, -0.15) is 0 Å². The Labute approximate surface area is 122 Å². The molecule has 4 rings (SSSR count). The van der Waals surface area contributed by atoms with E-state index in [9.17, 15) is 0 Å². The Morgan fingerprint density at radius 1 is 1.10 bits per heavy atom. The van der Waals surface area contributed by atoms with Gasteiger partial charge in [-0.1, -0.05) is 37.5 Å². The van der Waals surface area contributed by atoms with Crippen LogP contribution in [-0.4, -0.2) is 24.5 Å². The fourth-order valence-electron chi connectivity index (χ4n) is 4.60. The Balaban J connectivity index is 1.46. The first-order valence-electron chi connectivity index (χ1n) is 8.47. The van der Waals surface area contributed by atoms with E-state index in [4.69, 9.17) is 0 Å². The summed E-state index contributed by atoms with van der Waals surface area (Å²) in [5.74, 6) is 2.03. The number of hydrogen-bond acceptors (Lipinski definition) is 2. The minimum Gasteiger partial charge on any atom is -0.384 e. The van der Waals surface area contributed by atoms with Crippen LogP contribution in [0.3, 0.4) is 0 Å². The molecule has 2 fully saturated rings. The molecule has 2 heteroatoms. The second-order valence-electron chi connectivity index (χ2n) is 6.96. The number of nitrogens with one attached hydrogen (secondary N) is 1. The van der Waals surface area contributed by atoms with Crippen LogP contribution >= 0.6 is 0 Å². The molecular formula is C18H26N2. The predicted octanol–water partition coefficient (Wildman–Crippen LogP) is 3.67. The van der Waals surface area contributed by atoms with Crippen molar-refractivity contribution in [1.82, 2.24) is 4.90 Å². The zero-order valence-electron chi connectivity index (χ0n) is 12.4. The quantitative estimate of drug-likeness (QED) is 0.882. The molecule has 2 aliphatic heterocycles. The van der Waals surface area contributed by atoms with Gasteiger partial charge in [0.05, 0.1) is 0 Å². The highest BCUT2D eigenvalue weighted by Gasteiger charge is 2.31. The maximum absolute atomic E-state index is 3.59. The van der Waals surface area contributed by atoms with E-state index in [-0.39, 0.29) is 0 Å². The zero-order valence-corrected chi connectivity index (χ0v) is 12.4. The van der Waals surface area contributed by atoms with Crippen LogP contribution in [0.15, 0.2) is 18.2 Å². The molecule has 1 aromatic rings. The van der Waals surface area contributed by atoms with Crippen LogP contribution in [0, 0.1) is 11.8 Å². The van der Waals surface area contributed by atoms with E-state index in [2.05, 4.69) is 28.4 Å². The maximum Gasteiger partial charge on any atom is 0.0419 e. The van der Waals surface area contributed by atoms with Crippen molar-refractivity contribution in [2.75, 3.05) is 25.0 Å². The van der Waals surface area contributed by atoms with E-state index in [1.807, 2.05) is 0 Å². The third-order valence-electron chi connectivity index (χ3n) is 5.70. The Hall–Kier alpha value is -1.02. The summed E-state index contributed by atoms with van der Waals surface area (Å²) in [4.78, 5) is 2.71. The van der Waals surface area contributed by atoms with Crippen LogP contribution in [0.25, 0.3) is 0 Å². The summed E-state index contributed by atoms with van der Waals surface area (Å²) in [6.07, 6.45) is 8.57. The maximum atomic E-state index is 3.59. The standard InChI is InChI=1S/C18H26N2/c1-2-5-16-12-20(11-9-14(16)4-1)13-17-7-3-6-15-8-10-19-18(15)17/h3,6-7,14,16,19H,1-2,4-5,8-13H2. The molecule has 0 spiro atoms. The van der Waals surface area contributed by atoms with Crippen LogP contribution in [0.5, 0.6) is 0 Å². The number of para-hydroxylation sites is 1. The smallest absolute Gasteiger partial charge is 0.0419 e. The number of benzene rings is 1.